The van der Waals surface area contributed by atoms with Gasteiger partial charge in [-0.3, -0.25) is 9.59 Å². The third-order valence-electron chi connectivity index (χ3n) is 4.22. The van der Waals surface area contributed by atoms with E-state index in [2.05, 4.69) is 29.4 Å². The Balaban J connectivity index is 2.39. The van der Waals surface area contributed by atoms with Crippen LogP contribution in [0.2, 0.25) is 0 Å². The molecule has 1 aromatic rings. The van der Waals surface area contributed by atoms with Gasteiger partial charge in [0.1, 0.15) is 0 Å². The van der Waals surface area contributed by atoms with E-state index in [1.54, 1.807) is 25.3 Å². The fourth-order valence-corrected chi connectivity index (χ4v) is 2.59. The Hall–Kier alpha value is -2.14. The maximum Gasteiger partial charge on any atom is 0.251 e. The van der Waals surface area contributed by atoms with E-state index in [-0.39, 0.29) is 17.9 Å². The molecular weight excluding hydrogens is 314 g/mol. The summed E-state index contributed by atoms with van der Waals surface area (Å²) >= 11 is 0. The molecule has 0 heterocycles. The molecule has 5 heteroatoms. The maximum absolute atomic E-state index is 12.0. The molecule has 0 saturated carbocycles. The molecule has 1 atom stereocenters. The number of nitrogens with one attached hydrogen (secondary N) is 2. The molecule has 5 nitrogen and oxygen atoms in total. The predicted octanol–water partition coefficient (Wildman–Crippen LogP) is 2.69. The largest absolute Gasteiger partial charge is 0.355 e. The van der Waals surface area contributed by atoms with Crippen LogP contribution in [-0.2, 0) is 4.79 Å². The number of rotatable bonds is 10. The summed E-state index contributed by atoms with van der Waals surface area (Å²) in [6.07, 6.45) is 5.34. The molecule has 0 saturated heterocycles. The van der Waals surface area contributed by atoms with Crippen LogP contribution in [0.25, 0.3) is 6.08 Å². The molecule has 0 aliphatic carbocycles. The van der Waals surface area contributed by atoms with Gasteiger partial charge < -0.3 is 15.5 Å². The number of hydrogen-bond acceptors (Lipinski definition) is 3. The Kier molecular flexibility index (Phi) is 9.55. The Morgan fingerprint density at radius 3 is 2.36 bits per heavy atom. The average Bonchev–Trinajstić information content (AvgIpc) is 2.63. The van der Waals surface area contributed by atoms with Crippen molar-refractivity contribution in [3.05, 3.63) is 41.5 Å². The van der Waals surface area contributed by atoms with Crippen LogP contribution in [0.3, 0.4) is 0 Å². The third kappa shape index (κ3) is 7.98. The molecule has 0 bridgehead atoms. The van der Waals surface area contributed by atoms with Crippen LogP contribution in [0.5, 0.6) is 0 Å². The summed E-state index contributed by atoms with van der Waals surface area (Å²) in [5, 5.41) is 5.57. The fourth-order valence-electron chi connectivity index (χ4n) is 2.59. The van der Waals surface area contributed by atoms with Gasteiger partial charge in [-0.05, 0) is 63.2 Å². The highest BCUT2D eigenvalue weighted by Crippen LogP contribution is 2.06. The highest BCUT2D eigenvalue weighted by atomic mass is 16.2. The smallest absolute Gasteiger partial charge is 0.251 e. The van der Waals surface area contributed by atoms with Gasteiger partial charge in [-0.2, -0.15) is 0 Å². The molecule has 2 amide bonds. The summed E-state index contributed by atoms with van der Waals surface area (Å²) in [6.45, 7) is 9.58. The van der Waals surface area contributed by atoms with Crippen LogP contribution >= 0.6 is 0 Å². The first-order valence-corrected chi connectivity index (χ1v) is 9.03. The molecule has 0 aliphatic rings. The summed E-state index contributed by atoms with van der Waals surface area (Å²) in [6, 6.07) is 7.28. The van der Waals surface area contributed by atoms with Crippen LogP contribution in [0.15, 0.2) is 30.3 Å². The monoisotopic (exact) mass is 345 g/mol. The molecule has 138 valence electrons. The van der Waals surface area contributed by atoms with Crippen molar-refractivity contribution in [2.45, 2.75) is 39.7 Å². The highest BCUT2D eigenvalue weighted by molar-refractivity contribution is 5.94. The molecule has 0 fully saturated rings. The van der Waals surface area contributed by atoms with Gasteiger partial charge in [0.25, 0.3) is 5.91 Å². The van der Waals surface area contributed by atoms with Crippen LogP contribution in [0.1, 0.15) is 49.5 Å². The van der Waals surface area contributed by atoms with Gasteiger partial charge in [0.05, 0.1) is 0 Å². The van der Waals surface area contributed by atoms with E-state index in [4.69, 9.17) is 0 Å². The number of nitrogens with zero attached hydrogens (tertiary/aromatic N) is 1. The first kappa shape index (κ1) is 20.9. The van der Waals surface area contributed by atoms with Gasteiger partial charge in [0.2, 0.25) is 5.91 Å². The van der Waals surface area contributed by atoms with Crippen molar-refractivity contribution in [3.63, 3.8) is 0 Å². The van der Waals surface area contributed by atoms with E-state index in [1.807, 2.05) is 19.1 Å². The number of benzene rings is 1. The Bertz CT molecular complexity index is 563. The van der Waals surface area contributed by atoms with Crippen molar-refractivity contribution in [3.8, 4) is 0 Å². The zero-order valence-corrected chi connectivity index (χ0v) is 15.8. The molecule has 1 aromatic carbocycles. The van der Waals surface area contributed by atoms with Crippen molar-refractivity contribution < 1.29 is 9.59 Å². The van der Waals surface area contributed by atoms with Gasteiger partial charge in [-0.1, -0.05) is 26.0 Å². The van der Waals surface area contributed by atoms with Crippen LogP contribution in [0.4, 0.5) is 0 Å². The molecule has 0 radical (unpaired) electrons. The van der Waals surface area contributed by atoms with E-state index < -0.39 is 0 Å². The second-order valence-electron chi connectivity index (χ2n) is 6.11. The fraction of sp³-hybridized carbons (Fsp3) is 0.500. The minimum absolute atomic E-state index is 0.0919. The Morgan fingerprint density at radius 1 is 1.16 bits per heavy atom. The summed E-state index contributed by atoms with van der Waals surface area (Å²) in [7, 11) is 1.60. The third-order valence-corrected chi connectivity index (χ3v) is 4.22. The maximum atomic E-state index is 12.0. The molecule has 0 aromatic heterocycles. The quantitative estimate of drug-likeness (QED) is 0.641. The van der Waals surface area contributed by atoms with Crippen molar-refractivity contribution in [2.75, 3.05) is 26.7 Å². The zero-order valence-electron chi connectivity index (χ0n) is 15.8. The first-order chi connectivity index (χ1) is 12.0. The normalized spacial score (nSPS) is 12.4. The lowest BCUT2D eigenvalue weighted by Gasteiger charge is -2.19. The summed E-state index contributed by atoms with van der Waals surface area (Å²) in [4.78, 5) is 25.9. The van der Waals surface area contributed by atoms with Crippen LogP contribution in [0, 0.1) is 0 Å². The number of carbonyl (C=O) groups is 2. The number of carbonyl (C=O) groups excluding carboxylic acids is 2. The average molecular weight is 345 g/mol. The molecule has 2 N–H and O–H groups in total. The molecule has 0 unspecified atom stereocenters. The summed E-state index contributed by atoms with van der Waals surface area (Å²) < 4.78 is 0. The SMILES string of the molecule is CCN(CC)CCC[C@@H](C)NC(=O)/C=C\c1ccc(C(=O)NC)cc1. The van der Waals surface area contributed by atoms with Crippen molar-refractivity contribution in [1.82, 2.24) is 15.5 Å². The van der Waals surface area contributed by atoms with E-state index in [0.717, 1.165) is 38.0 Å². The second kappa shape index (κ2) is 11.4. The van der Waals surface area contributed by atoms with Crippen LogP contribution < -0.4 is 10.6 Å². The van der Waals surface area contributed by atoms with Gasteiger partial charge in [0.15, 0.2) is 0 Å². The zero-order chi connectivity index (χ0) is 18.7. The highest BCUT2D eigenvalue weighted by Gasteiger charge is 2.06. The van der Waals surface area contributed by atoms with Crippen molar-refractivity contribution in [1.29, 1.82) is 0 Å². The Labute approximate surface area is 151 Å². The van der Waals surface area contributed by atoms with Gasteiger partial charge >= 0.3 is 0 Å². The lowest BCUT2D eigenvalue weighted by molar-refractivity contribution is -0.117. The second-order valence-corrected chi connectivity index (χ2v) is 6.11. The number of hydrogen-bond donors (Lipinski definition) is 2. The van der Waals surface area contributed by atoms with Gasteiger partial charge in [-0.15, -0.1) is 0 Å². The summed E-state index contributed by atoms with van der Waals surface area (Å²) in [5.41, 5.74) is 1.49. The minimum atomic E-state index is -0.119. The van der Waals surface area contributed by atoms with E-state index in [1.165, 1.54) is 6.08 Å². The van der Waals surface area contributed by atoms with Gasteiger partial charge in [0, 0.05) is 24.7 Å². The lowest BCUT2D eigenvalue weighted by atomic mass is 10.1. The topological polar surface area (TPSA) is 61.4 Å². The van der Waals surface area contributed by atoms with Crippen molar-refractivity contribution in [2.24, 2.45) is 0 Å². The van der Waals surface area contributed by atoms with Gasteiger partial charge in [-0.25, -0.2) is 0 Å². The van der Waals surface area contributed by atoms with Crippen LogP contribution in [-0.4, -0.2) is 49.4 Å². The lowest BCUT2D eigenvalue weighted by Crippen LogP contribution is -2.32. The molecule has 0 aliphatic heterocycles. The standard InChI is InChI=1S/C20H31N3O2/c1-5-23(6-2)15-7-8-16(3)22-19(24)14-11-17-9-12-18(13-10-17)20(25)21-4/h9-14,16H,5-8,15H2,1-4H3,(H,21,25)(H,22,24)/b14-11-/t16-/m1/s1. The predicted molar refractivity (Wildman–Crippen MR) is 103 cm³/mol. The number of amides is 2. The first-order valence-electron chi connectivity index (χ1n) is 9.03. The molecule has 1 rings (SSSR count). The summed E-state index contributed by atoms with van der Waals surface area (Å²) in [5.74, 6) is -0.211. The molecule has 0 spiro atoms. The van der Waals surface area contributed by atoms with Crippen molar-refractivity contribution >= 4 is 17.9 Å². The van der Waals surface area contributed by atoms with E-state index in [0.29, 0.717) is 5.56 Å². The Morgan fingerprint density at radius 2 is 1.80 bits per heavy atom. The minimum Gasteiger partial charge on any atom is -0.355 e. The molecule has 25 heavy (non-hydrogen) atoms. The van der Waals surface area contributed by atoms with E-state index in [9.17, 15) is 9.59 Å². The molecular formula is C20H31N3O2. The van der Waals surface area contributed by atoms with E-state index >= 15 is 0 Å².